The molecule has 148 valence electrons. The zero-order valence-electron chi connectivity index (χ0n) is 15.5. The van der Waals surface area contributed by atoms with Gasteiger partial charge in [0.05, 0.1) is 27.9 Å². The van der Waals surface area contributed by atoms with E-state index in [9.17, 15) is 13.7 Å². The van der Waals surface area contributed by atoms with Crippen molar-refractivity contribution in [2.75, 3.05) is 4.83 Å². The third kappa shape index (κ3) is 4.06. The lowest BCUT2D eigenvalue weighted by Crippen LogP contribution is -2.25. The normalized spacial score (nSPS) is 11.1. The van der Waals surface area contributed by atoms with Gasteiger partial charge in [-0.2, -0.15) is 28.4 Å². The van der Waals surface area contributed by atoms with Gasteiger partial charge in [-0.05, 0) is 42.5 Å². The van der Waals surface area contributed by atoms with E-state index in [4.69, 9.17) is 11.6 Å². The molecule has 0 aliphatic carbocycles. The molecule has 4 aromatic rings. The highest BCUT2D eigenvalue weighted by molar-refractivity contribution is 7.92. The van der Waals surface area contributed by atoms with Crippen molar-refractivity contribution in [2.45, 2.75) is 4.90 Å². The first-order valence-electron chi connectivity index (χ1n) is 8.91. The number of nitrogens with zero attached hydrogens (tertiary/aromatic N) is 3. The Labute approximate surface area is 179 Å². The average molecular weight is 435 g/mol. The maximum atomic E-state index is 12.9. The van der Waals surface area contributed by atoms with Crippen LogP contribution in [0.5, 0.6) is 0 Å². The molecule has 0 atom stereocenters. The molecule has 0 amide bonds. The first kappa shape index (κ1) is 19.7. The van der Waals surface area contributed by atoms with Crippen LogP contribution in [-0.4, -0.2) is 18.3 Å². The molecule has 0 unspecified atom stereocenters. The van der Waals surface area contributed by atoms with Crippen molar-refractivity contribution in [3.05, 3.63) is 95.5 Å². The first-order valence-corrected chi connectivity index (χ1v) is 10.8. The lowest BCUT2D eigenvalue weighted by atomic mass is 10.1. The second kappa shape index (κ2) is 8.03. The number of aromatic nitrogens is 2. The second-order valence-electron chi connectivity index (χ2n) is 6.43. The summed E-state index contributed by atoms with van der Waals surface area (Å²) in [7, 11) is -3.87. The van der Waals surface area contributed by atoms with Gasteiger partial charge in [-0.1, -0.05) is 54.1 Å². The van der Waals surface area contributed by atoms with Gasteiger partial charge in [-0.15, -0.1) is 0 Å². The third-order valence-electron chi connectivity index (χ3n) is 4.40. The number of halogens is 1. The zero-order valence-corrected chi connectivity index (χ0v) is 17.1. The highest BCUT2D eigenvalue weighted by atomic mass is 35.5. The van der Waals surface area contributed by atoms with E-state index in [1.54, 1.807) is 72.8 Å². The van der Waals surface area contributed by atoms with Gasteiger partial charge >= 0.3 is 0 Å². The molecule has 0 saturated heterocycles. The van der Waals surface area contributed by atoms with Gasteiger partial charge in [0, 0.05) is 16.1 Å². The molecule has 0 radical (unpaired) electrons. The van der Waals surface area contributed by atoms with Crippen LogP contribution < -0.4 is 4.83 Å². The maximum absolute atomic E-state index is 12.9. The maximum Gasteiger partial charge on any atom is 0.276 e. The molecule has 0 aliphatic heterocycles. The Hall–Kier alpha value is -3.60. The van der Waals surface area contributed by atoms with Crippen molar-refractivity contribution in [2.24, 2.45) is 0 Å². The molecule has 0 bridgehead atoms. The molecule has 1 N–H and O–H groups in total. The monoisotopic (exact) mass is 434 g/mol. The Bertz CT molecular complexity index is 1340. The van der Waals surface area contributed by atoms with Crippen molar-refractivity contribution in [1.29, 1.82) is 5.26 Å². The fourth-order valence-corrected chi connectivity index (χ4v) is 4.05. The van der Waals surface area contributed by atoms with Crippen LogP contribution in [0.15, 0.2) is 89.8 Å². The fourth-order valence-electron chi connectivity index (χ4n) is 2.93. The number of sulfonamides is 1. The standard InChI is InChI=1S/C22H15ClN4O2S/c23-19-11-9-17(10-12-19)21-14-22(18-6-4-5-16(13-18)15-24)27(25-21)26-30(28,29)20-7-2-1-3-8-20/h1-14,26H. The van der Waals surface area contributed by atoms with Crippen LogP contribution in [0.3, 0.4) is 0 Å². The quantitative estimate of drug-likeness (QED) is 0.494. The Morgan fingerprint density at radius 1 is 0.900 bits per heavy atom. The van der Waals surface area contributed by atoms with Crippen molar-refractivity contribution >= 4 is 21.6 Å². The fraction of sp³-hybridized carbons (Fsp3) is 0. The van der Waals surface area contributed by atoms with Crippen LogP contribution in [0.25, 0.3) is 22.5 Å². The van der Waals surface area contributed by atoms with E-state index in [-0.39, 0.29) is 4.90 Å². The Morgan fingerprint density at radius 2 is 1.63 bits per heavy atom. The molecule has 3 aromatic carbocycles. The number of rotatable bonds is 5. The van der Waals surface area contributed by atoms with Gasteiger partial charge in [-0.25, -0.2) is 0 Å². The van der Waals surface area contributed by atoms with E-state index in [1.807, 2.05) is 0 Å². The lowest BCUT2D eigenvalue weighted by molar-refractivity contribution is 0.592. The molecular formula is C22H15ClN4O2S. The van der Waals surface area contributed by atoms with Crippen LogP contribution in [0, 0.1) is 11.3 Å². The molecule has 30 heavy (non-hydrogen) atoms. The predicted molar refractivity (Wildman–Crippen MR) is 116 cm³/mol. The number of nitrogens with one attached hydrogen (secondary N) is 1. The smallest absolute Gasteiger partial charge is 0.200 e. The van der Waals surface area contributed by atoms with E-state index >= 15 is 0 Å². The van der Waals surface area contributed by atoms with Crippen LogP contribution >= 0.6 is 11.6 Å². The molecule has 0 spiro atoms. The summed E-state index contributed by atoms with van der Waals surface area (Å²) < 4.78 is 25.7. The average Bonchev–Trinajstić information content (AvgIpc) is 3.18. The Morgan fingerprint density at radius 3 is 2.33 bits per heavy atom. The zero-order chi connectivity index (χ0) is 21.1. The topological polar surface area (TPSA) is 87.8 Å². The molecule has 0 aliphatic rings. The third-order valence-corrected chi connectivity index (χ3v) is 5.95. The molecule has 4 rings (SSSR count). The number of hydrogen-bond donors (Lipinski definition) is 1. The van der Waals surface area contributed by atoms with Crippen molar-refractivity contribution in [3.63, 3.8) is 0 Å². The van der Waals surface area contributed by atoms with Gasteiger partial charge in [0.2, 0.25) is 0 Å². The van der Waals surface area contributed by atoms with Gasteiger partial charge in [0.15, 0.2) is 0 Å². The molecule has 6 nitrogen and oxygen atoms in total. The molecule has 8 heteroatoms. The summed E-state index contributed by atoms with van der Waals surface area (Å²) in [5.74, 6) is 0. The molecule has 1 aromatic heterocycles. The lowest BCUT2D eigenvalue weighted by Gasteiger charge is -2.11. The van der Waals surface area contributed by atoms with Crippen LogP contribution in [0.1, 0.15) is 5.56 Å². The molecule has 1 heterocycles. The first-order chi connectivity index (χ1) is 14.5. The van der Waals surface area contributed by atoms with Crippen LogP contribution in [0.4, 0.5) is 0 Å². The van der Waals surface area contributed by atoms with Crippen molar-refractivity contribution in [3.8, 4) is 28.6 Å². The summed E-state index contributed by atoms with van der Waals surface area (Å²) in [6, 6.07) is 25.8. The van der Waals surface area contributed by atoms with Gasteiger partial charge < -0.3 is 0 Å². The van der Waals surface area contributed by atoms with Crippen molar-refractivity contribution < 1.29 is 8.42 Å². The number of hydrogen-bond acceptors (Lipinski definition) is 4. The number of benzene rings is 3. The minimum absolute atomic E-state index is 0.116. The molecule has 0 saturated carbocycles. The van der Waals surface area contributed by atoms with Crippen molar-refractivity contribution in [1.82, 2.24) is 9.89 Å². The summed E-state index contributed by atoms with van der Waals surface area (Å²) >= 11 is 5.97. The van der Waals surface area contributed by atoms with E-state index in [2.05, 4.69) is 16.0 Å². The summed E-state index contributed by atoms with van der Waals surface area (Å²) in [4.78, 5) is 3.84. The molecule has 0 fully saturated rings. The van der Waals surface area contributed by atoms with Crippen LogP contribution in [-0.2, 0) is 10.0 Å². The number of nitriles is 1. The second-order valence-corrected chi connectivity index (χ2v) is 8.53. The van der Waals surface area contributed by atoms with E-state index in [1.165, 1.54) is 16.9 Å². The summed E-state index contributed by atoms with van der Waals surface area (Å²) in [5.41, 5.74) is 2.93. The van der Waals surface area contributed by atoms with Gasteiger partial charge in [0.25, 0.3) is 10.0 Å². The summed E-state index contributed by atoms with van der Waals surface area (Å²) in [6.07, 6.45) is 0. The summed E-state index contributed by atoms with van der Waals surface area (Å²) in [5, 5.41) is 14.3. The Balaban J connectivity index is 1.83. The predicted octanol–water partition coefficient (Wildman–Crippen LogP) is 4.67. The summed E-state index contributed by atoms with van der Waals surface area (Å²) in [6.45, 7) is 0. The van der Waals surface area contributed by atoms with Gasteiger partial charge in [-0.3, -0.25) is 0 Å². The van der Waals surface area contributed by atoms with E-state index in [0.29, 0.717) is 27.5 Å². The van der Waals surface area contributed by atoms with Crippen LogP contribution in [0.2, 0.25) is 5.02 Å². The minimum atomic E-state index is -3.87. The molecular weight excluding hydrogens is 420 g/mol. The highest BCUT2D eigenvalue weighted by Gasteiger charge is 2.19. The van der Waals surface area contributed by atoms with E-state index in [0.717, 1.165) is 5.56 Å². The minimum Gasteiger partial charge on any atom is -0.200 e. The SMILES string of the molecule is N#Cc1cccc(-c2cc(-c3ccc(Cl)cc3)nn2NS(=O)(=O)c2ccccc2)c1. The highest BCUT2D eigenvalue weighted by Crippen LogP contribution is 2.27. The Kier molecular flexibility index (Phi) is 5.27. The van der Waals surface area contributed by atoms with E-state index < -0.39 is 10.0 Å². The van der Waals surface area contributed by atoms with Gasteiger partial charge in [0.1, 0.15) is 0 Å². The largest absolute Gasteiger partial charge is 0.276 e.